The lowest BCUT2D eigenvalue weighted by Crippen LogP contribution is -2.24. The van der Waals surface area contributed by atoms with Gasteiger partial charge in [-0.2, -0.15) is 0 Å². The first-order valence-corrected chi connectivity index (χ1v) is 7.87. The number of likely N-dealkylation sites (tertiary alicyclic amines) is 1. The Balaban J connectivity index is 1.94. The van der Waals surface area contributed by atoms with Crippen LogP contribution in [-0.2, 0) is 6.54 Å². The average molecular weight is 276 g/mol. The minimum absolute atomic E-state index is 0.790. The van der Waals surface area contributed by atoms with E-state index in [2.05, 4.69) is 24.0 Å². The van der Waals surface area contributed by atoms with Crippen molar-refractivity contribution in [2.75, 3.05) is 25.9 Å². The molecular weight excluding hydrogens is 248 g/mol. The Morgan fingerprint density at radius 1 is 1.25 bits per heavy atom. The zero-order valence-corrected chi connectivity index (χ0v) is 12.9. The fraction of sp³-hybridized carbons (Fsp3) is 0.647. The van der Waals surface area contributed by atoms with Gasteiger partial charge in [-0.25, -0.2) is 0 Å². The van der Waals surface area contributed by atoms with Gasteiger partial charge in [0, 0.05) is 18.3 Å². The minimum atomic E-state index is 0.790. The topological polar surface area (TPSA) is 38.5 Å². The largest absolute Gasteiger partial charge is 0.497 e. The minimum Gasteiger partial charge on any atom is -0.497 e. The molecular formula is C17H28N2O. The van der Waals surface area contributed by atoms with E-state index < -0.39 is 0 Å². The summed E-state index contributed by atoms with van der Waals surface area (Å²) in [6.45, 7) is 5.70. The van der Waals surface area contributed by atoms with Crippen molar-refractivity contribution in [3.8, 4) is 5.75 Å². The zero-order chi connectivity index (χ0) is 14.4. The summed E-state index contributed by atoms with van der Waals surface area (Å²) in [6.07, 6.45) is 6.76. The standard InChI is InChI=1S/C17H28N2O/c1-3-5-14-6-4-8-19(9-7-14)13-15-10-16(18)12-17(11-15)20-2/h10-12,14H,3-9,13,18H2,1-2H3. The van der Waals surface area contributed by atoms with Gasteiger partial charge in [-0.3, -0.25) is 4.90 Å². The van der Waals surface area contributed by atoms with Crippen LogP contribution in [0.2, 0.25) is 0 Å². The molecule has 1 heterocycles. The van der Waals surface area contributed by atoms with E-state index in [1.807, 2.05) is 6.07 Å². The van der Waals surface area contributed by atoms with Gasteiger partial charge >= 0.3 is 0 Å². The Bertz CT molecular complexity index is 419. The molecule has 1 saturated heterocycles. The van der Waals surface area contributed by atoms with Crippen molar-refractivity contribution in [1.29, 1.82) is 0 Å². The molecule has 0 amide bonds. The van der Waals surface area contributed by atoms with E-state index in [9.17, 15) is 0 Å². The maximum absolute atomic E-state index is 5.93. The van der Waals surface area contributed by atoms with Crippen molar-refractivity contribution >= 4 is 5.69 Å². The predicted molar refractivity (Wildman–Crippen MR) is 84.9 cm³/mol. The molecule has 1 atom stereocenters. The fourth-order valence-corrected chi connectivity index (χ4v) is 3.23. The number of hydrogen-bond acceptors (Lipinski definition) is 3. The lowest BCUT2D eigenvalue weighted by atomic mass is 9.96. The van der Waals surface area contributed by atoms with Crippen LogP contribution in [0.1, 0.15) is 44.6 Å². The Labute approximate surface area is 123 Å². The monoisotopic (exact) mass is 276 g/mol. The van der Waals surface area contributed by atoms with Gasteiger partial charge in [0.25, 0.3) is 0 Å². The number of benzene rings is 1. The third-order valence-corrected chi connectivity index (χ3v) is 4.27. The molecule has 20 heavy (non-hydrogen) atoms. The van der Waals surface area contributed by atoms with Crippen LogP contribution >= 0.6 is 0 Å². The lowest BCUT2D eigenvalue weighted by molar-refractivity contribution is 0.271. The first kappa shape index (κ1) is 15.2. The molecule has 3 heteroatoms. The van der Waals surface area contributed by atoms with Crippen LogP contribution in [0.3, 0.4) is 0 Å². The van der Waals surface area contributed by atoms with Crippen LogP contribution < -0.4 is 10.5 Å². The Morgan fingerprint density at radius 2 is 2.10 bits per heavy atom. The number of rotatable bonds is 5. The third kappa shape index (κ3) is 4.41. The summed E-state index contributed by atoms with van der Waals surface area (Å²) in [6, 6.07) is 6.05. The third-order valence-electron chi connectivity index (χ3n) is 4.27. The van der Waals surface area contributed by atoms with Crippen molar-refractivity contribution in [3.63, 3.8) is 0 Å². The van der Waals surface area contributed by atoms with Gasteiger partial charge in [-0.15, -0.1) is 0 Å². The summed E-state index contributed by atoms with van der Waals surface area (Å²) in [5.41, 5.74) is 7.98. The van der Waals surface area contributed by atoms with Crippen LogP contribution in [0, 0.1) is 5.92 Å². The van der Waals surface area contributed by atoms with Gasteiger partial charge in [-0.05, 0) is 56.0 Å². The van der Waals surface area contributed by atoms with Crippen LogP contribution in [0.5, 0.6) is 5.75 Å². The highest BCUT2D eigenvalue weighted by Crippen LogP contribution is 2.24. The molecule has 1 aromatic carbocycles. The Morgan fingerprint density at radius 3 is 2.85 bits per heavy atom. The Hall–Kier alpha value is -1.22. The normalized spacial score (nSPS) is 20.6. The van der Waals surface area contributed by atoms with Gasteiger partial charge in [-0.1, -0.05) is 19.8 Å². The van der Waals surface area contributed by atoms with E-state index in [1.54, 1.807) is 7.11 Å². The molecule has 0 radical (unpaired) electrons. The van der Waals surface area contributed by atoms with Gasteiger partial charge in [0.05, 0.1) is 7.11 Å². The van der Waals surface area contributed by atoms with Crippen molar-refractivity contribution in [1.82, 2.24) is 4.90 Å². The van der Waals surface area contributed by atoms with Crippen molar-refractivity contribution < 1.29 is 4.74 Å². The number of nitrogens with two attached hydrogens (primary N) is 1. The molecule has 112 valence electrons. The molecule has 0 spiro atoms. The highest BCUT2D eigenvalue weighted by atomic mass is 16.5. The van der Waals surface area contributed by atoms with Crippen LogP contribution in [0.4, 0.5) is 5.69 Å². The Kier molecular flexibility index (Phi) is 5.72. The number of nitrogens with zero attached hydrogens (tertiary/aromatic N) is 1. The van der Waals surface area contributed by atoms with Crippen molar-refractivity contribution in [2.45, 2.75) is 45.6 Å². The lowest BCUT2D eigenvalue weighted by Gasteiger charge is -2.20. The van der Waals surface area contributed by atoms with E-state index in [-0.39, 0.29) is 0 Å². The molecule has 1 unspecified atom stereocenters. The summed E-state index contributed by atoms with van der Waals surface area (Å²) in [5, 5.41) is 0. The molecule has 2 N–H and O–H groups in total. The van der Waals surface area contributed by atoms with E-state index in [0.717, 1.165) is 23.9 Å². The molecule has 1 aliphatic rings. The molecule has 0 bridgehead atoms. The second-order valence-electron chi connectivity index (χ2n) is 5.98. The molecule has 1 aromatic rings. The molecule has 1 aliphatic heterocycles. The summed E-state index contributed by atoms with van der Waals surface area (Å²) < 4.78 is 5.30. The van der Waals surface area contributed by atoms with Crippen molar-refractivity contribution in [2.24, 2.45) is 5.92 Å². The molecule has 0 aliphatic carbocycles. The maximum atomic E-state index is 5.93. The van der Waals surface area contributed by atoms with Gasteiger partial charge in [0.15, 0.2) is 0 Å². The van der Waals surface area contributed by atoms with E-state index in [1.165, 1.54) is 50.8 Å². The van der Waals surface area contributed by atoms with Crippen LogP contribution in [0.25, 0.3) is 0 Å². The SMILES string of the molecule is CCCC1CCCN(Cc2cc(N)cc(OC)c2)CC1. The first-order valence-electron chi connectivity index (χ1n) is 7.87. The maximum Gasteiger partial charge on any atom is 0.121 e. The quantitative estimate of drug-likeness (QED) is 0.834. The van der Waals surface area contributed by atoms with Crippen molar-refractivity contribution in [3.05, 3.63) is 23.8 Å². The van der Waals surface area contributed by atoms with Gasteiger partial charge in [0.2, 0.25) is 0 Å². The second kappa shape index (κ2) is 7.53. The number of hydrogen-bond donors (Lipinski definition) is 1. The predicted octanol–water partition coefficient (Wildman–Crippen LogP) is 3.68. The highest BCUT2D eigenvalue weighted by molar-refractivity contribution is 5.47. The number of methoxy groups -OCH3 is 1. The molecule has 2 rings (SSSR count). The van der Waals surface area contributed by atoms with E-state index in [0.29, 0.717) is 0 Å². The first-order chi connectivity index (χ1) is 9.71. The number of nitrogen functional groups attached to an aromatic ring is 1. The van der Waals surface area contributed by atoms with Gasteiger partial charge in [0.1, 0.15) is 5.75 Å². The summed E-state index contributed by atoms with van der Waals surface area (Å²) >= 11 is 0. The summed E-state index contributed by atoms with van der Waals surface area (Å²) in [7, 11) is 1.69. The van der Waals surface area contributed by atoms with Gasteiger partial charge < -0.3 is 10.5 Å². The highest BCUT2D eigenvalue weighted by Gasteiger charge is 2.16. The van der Waals surface area contributed by atoms with Crippen LogP contribution in [-0.4, -0.2) is 25.1 Å². The smallest absolute Gasteiger partial charge is 0.121 e. The number of ether oxygens (including phenoxy) is 1. The molecule has 1 fully saturated rings. The fourth-order valence-electron chi connectivity index (χ4n) is 3.23. The molecule has 0 aromatic heterocycles. The molecule has 0 saturated carbocycles. The average Bonchev–Trinajstić information content (AvgIpc) is 2.64. The van der Waals surface area contributed by atoms with E-state index >= 15 is 0 Å². The summed E-state index contributed by atoms with van der Waals surface area (Å²) in [4.78, 5) is 2.56. The zero-order valence-electron chi connectivity index (χ0n) is 12.9. The summed E-state index contributed by atoms with van der Waals surface area (Å²) in [5.74, 6) is 1.79. The van der Waals surface area contributed by atoms with E-state index in [4.69, 9.17) is 10.5 Å². The molecule has 3 nitrogen and oxygen atoms in total. The second-order valence-corrected chi connectivity index (χ2v) is 5.98. The number of anilines is 1. The van der Waals surface area contributed by atoms with Crippen LogP contribution in [0.15, 0.2) is 18.2 Å².